The van der Waals surface area contributed by atoms with E-state index in [1.54, 1.807) is 49.6 Å². The number of aromatic nitrogens is 5. The van der Waals surface area contributed by atoms with E-state index in [2.05, 4.69) is 25.5 Å². The van der Waals surface area contributed by atoms with Crippen LogP contribution >= 0.6 is 0 Å². The quantitative estimate of drug-likeness (QED) is 0.455. The average Bonchev–Trinajstić information content (AvgIpc) is 3.50. The van der Waals surface area contributed by atoms with Crippen molar-refractivity contribution in [2.45, 2.75) is 12.8 Å². The summed E-state index contributed by atoms with van der Waals surface area (Å²) in [5, 5.41) is 9.93. The second-order valence-electron chi connectivity index (χ2n) is 6.83. The number of nitrogens with zero attached hydrogens (tertiary/aromatic N) is 4. The van der Waals surface area contributed by atoms with Crippen molar-refractivity contribution in [3.63, 3.8) is 0 Å². The highest BCUT2D eigenvalue weighted by Crippen LogP contribution is 2.23. The lowest BCUT2D eigenvalue weighted by Gasteiger charge is -2.08. The van der Waals surface area contributed by atoms with Gasteiger partial charge in [0.1, 0.15) is 23.6 Å². The Kier molecular flexibility index (Phi) is 5.93. The number of methoxy groups -OCH3 is 2. The first-order valence-electron chi connectivity index (χ1n) is 9.66. The molecular weight excluding hydrogens is 396 g/mol. The molecular formula is C22H22N6O3. The molecule has 3 heterocycles. The van der Waals surface area contributed by atoms with Crippen molar-refractivity contribution < 1.29 is 14.3 Å². The van der Waals surface area contributed by atoms with E-state index >= 15 is 0 Å². The van der Waals surface area contributed by atoms with Gasteiger partial charge in [0, 0.05) is 36.4 Å². The second kappa shape index (κ2) is 9.12. The molecule has 0 fully saturated rings. The highest BCUT2D eigenvalue weighted by molar-refractivity contribution is 6.03. The van der Waals surface area contributed by atoms with Crippen molar-refractivity contribution in [2.24, 2.45) is 0 Å². The Hall–Kier alpha value is -4.14. The zero-order valence-corrected chi connectivity index (χ0v) is 17.2. The van der Waals surface area contributed by atoms with Gasteiger partial charge in [-0.3, -0.25) is 14.5 Å². The van der Waals surface area contributed by atoms with Crippen LogP contribution in [0, 0.1) is 0 Å². The molecule has 0 aliphatic carbocycles. The normalized spacial score (nSPS) is 10.6. The summed E-state index contributed by atoms with van der Waals surface area (Å²) in [6, 6.07) is 11.1. The molecule has 2 N–H and O–H groups in total. The minimum Gasteiger partial charge on any atom is -0.497 e. The molecule has 0 spiro atoms. The number of aryl methyl sites for hydroxylation is 2. The molecule has 0 saturated heterocycles. The summed E-state index contributed by atoms with van der Waals surface area (Å²) in [5.41, 5.74) is 2.43. The number of benzene rings is 1. The number of anilines is 1. The summed E-state index contributed by atoms with van der Waals surface area (Å²) in [5.74, 6) is 2.37. The number of pyridine rings is 1. The molecule has 1 aromatic carbocycles. The molecule has 1 amide bonds. The number of imidazole rings is 1. The zero-order chi connectivity index (χ0) is 21.6. The first-order chi connectivity index (χ1) is 15.1. The summed E-state index contributed by atoms with van der Waals surface area (Å²) in [7, 11) is 3.26. The lowest BCUT2D eigenvalue weighted by Crippen LogP contribution is -2.12. The Morgan fingerprint density at radius 2 is 1.90 bits per heavy atom. The van der Waals surface area contributed by atoms with Gasteiger partial charge in [0.15, 0.2) is 5.82 Å². The van der Waals surface area contributed by atoms with E-state index < -0.39 is 0 Å². The van der Waals surface area contributed by atoms with Crippen LogP contribution in [0.3, 0.4) is 0 Å². The van der Waals surface area contributed by atoms with Gasteiger partial charge in [-0.15, -0.1) is 0 Å². The molecule has 0 aliphatic heterocycles. The summed E-state index contributed by atoms with van der Waals surface area (Å²) >= 11 is 0. The van der Waals surface area contributed by atoms with Crippen molar-refractivity contribution in [2.75, 3.05) is 19.5 Å². The molecule has 4 aromatic rings. The summed E-state index contributed by atoms with van der Waals surface area (Å²) in [4.78, 5) is 20.8. The summed E-state index contributed by atoms with van der Waals surface area (Å²) in [6.07, 6.45) is 8.11. The molecule has 0 unspecified atom stereocenters. The van der Waals surface area contributed by atoms with Crippen LogP contribution in [0.1, 0.15) is 21.6 Å². The third kappa shape index (κ3) is 4.89. The van der Waals surface area contributed by atoms with E-state index in [0.717, 1.165) is 35.6 Å². The molecule has 0 bridgehead atoms. The number of aromatic amines is 1. The molecule has 31 heavy (non-hydrogen) atoms. The third-order valence-electron chi connectivity index (χ3n) is 4.75. The van der Waals surface area contributed by atoms with Crippen molar-refractivity contribution in [3.05, 3.63) is 78.1 Å². The van der Waals surface area contributed by atoms with Crippen molar-refractivity contribution in [3.8, 4) is 17.3 Å². The lowest BCUT2D eigenvalue weighted by molar-refractivity contribution is 0.102. The molecule has 4 rings (SSSR count). The number of amides is 1. The number of rotatable bonds is 8. The van der Waals surface area contributed by atoms with Crippen LogP contribution in [0.25, 0.3) is 5.82 Å². The van der Waals surface area contributed by atoms with Gasteiger partial charge in [-0.1, -0.05) is 0 Å². The number of nitrogens with one attached hydrogen (secondary N) is 2. The Balaban J connectivity index is 1.36. The van der Waals surface area contributed by atoms with E-state index in [0.29, 0.717) is 17.2 Å². The Labute approximate surface area is 179 Å². The first kappa shape index (κ1) is 20.1. The smallest absolute Gasteiger partial charge is 0.258 e. The predicted molar refractivity (Wildman–Crippen MR) is 115 cm³/mol. The number of H-pyrrole nitrogens is 1. The molecule has 0 radical (unpaired) electrons. The van der Waals surface area contributed by atoms with Gasteiger partial charge in [0.2, 0.25) is 0 Å². The fourth-order valence-electron chi connectivity index (χ4n) is 3.10. The standard InChI is InChI=1S/C22H22N6O3/c1-30-18-9-15(10-19(12-18)31-2)3-5-17-11-20(27-26-17)25-22(29)16-4-6-21(24-13-16)28-8-7-23-14-28/h4,6-14H,3,5H2,1-2H3,(H2,25,26,27,29). The highest BCUT2D eigenvalue weighted by Gasteiger charge is 2.10. The molecule has 0 saturated carbocycles. The first-order valence-corrected chi connectivity index (χ1v) is 9.66. The number of hydrogen-bond donors (Lipinski definition) is 2. The van der Waals surface area contributed by atoms with Gasteiger partial charge >= 0.3 is 0 Å². The second-order valence-corrected chi connectivity index (χ2v) is 6.83. The SMILES string of the molecule is COc1cc(CCc2cc(NC(=O)c3ccc(-n4ccnc4)nc3)n[nH]2)cc(OC)c1. The van der Waals surface area contributed by atoms with E-state index in [9.17, 15) is 4.79 Å². The van der Waals surface area contributed by atoms with Crippen LogP contribution in [0.5, 0.6) is 11.5 Å². The fraction of sp³-hybridized carbons (Fsp3) is 0.182. The van der Waals surface area contributed by atoms with E-state index in [4.69, 9.17) is 9.47 Å². The monoisotopic (exact) mass is 418 g/mol. The van der Waals surface area contributed by atoms with Gasteiger partial charge in [0.05, 0.1) is 19.8 Å². The number of ether oxygens (including phenoxy) is 2. The van der Waals surface area contributed by atoms with Crippen molar-refractivity contribution in [1.82, 2.24) is 24.7 Å². The van der Waals surface area contributed by atoms with Crippen LogP contribution in [0.4, 0.5) is 5.82 Å². The fourth-order valence-corrected chi connectivity index (χ4v) is 3.10. The topological polar surface area (TPSA) is 107 Å². The molecule has 3 aromatic heterocycles. The van der Waals surface area contributed by atoms with Crippen LogP contribution in [-0.4, -0.2) is 44.9 Å². The molecule has 9 heteroatoms. The Morgan fingerprint density at radius 3 is 2.55 bits per heavy atom. The van der Waals surface area contributed by atoms with Crippen LogP contribution in [-0.2, 0) is 12.8 Å². The summed E-state index contributed by atoms with van der Waals surface area (Å²) < 4.78 is 12.4. The molecule has 158 valence electrons. The van der Waals surface area contributed by atoms with Crippen molar-refractivity contribution >= 4 is 11.7 Å². The van der Waals surface area contributed by atoms with E-state index in [-0.39, 0.29) is 5.91 Å². The van der Waals surface area contributed by atoms with Gasteiger partial charge in [-0.05, 0) is 42.7 Å². The molecule has 0 aliphatic rings. The minimum absolute atomic E-state index is 0.278. The maximum absolute atomic E-state index is 12.5. The highest BCUT2D eigenvalue weighted by atomic mass is 16.5. The predicted octanol–water partition coefficient (Wildman–Crippen LogP) is 3.05. The minimum atomic E-state index is -0.278. The molecule has 0 atom stereocenters. The van der Waals surface area contributed by atoms with Gasteiger partial charge < -0.3 is 14.8 Å². The summed E-state index contributed by atoms with van der Waals surface area (Å²) in [6.45, 7) is 0. The maximum atomic E-state index is 12.5. The number of hydrogen-bond acceptors (Lipinski definition) is 6. The molecule has 9 nitrogen and oxygen atoms in total. The van der Waals surface area contributed by atoms with E-state index in [1.807, 2.05) is 24.3 Å². The number of carbonyl (C=O) groups excluding carboxylic acids is 1. The average molecular weight is 418 g/mol. The van der Waals surface area contributed by atoms with Gasteiger partial charge in [-0.25, -0.2) is 9.97 Å². The Bertz CT molecular complexity index is 1130. The van der Waals surface area contributed by atoms with E-state index in [1.165, 1.54) is 6.20 Å². The largest absolute Gasteiger partial charge is 0.497 e. The lowest BCUT2D eigenvalue weighted by atomic mass is 10.1. The maximum Gasteiger partial charge on any atom is 0.258 e. The number of carbonyl (C=O) groups is 1. The van der Waals surface area contributed by atoms with Crippen molar-refractivity contribution in [1.29, 1.82) is 0 Å². The van der Waals surface area contributed by atoms with Crippen LogP contribution in [0.2, 0.25) is 0 Å². The third-order valence-corrected chi connectivity index (χ3v) is 4.75. The van der Waals surface area contributed by atoms with Crippen LogP contribution < -0.4 is 14.8 Å². The zero-order valence-electron chi connectivity index (χ0n) is 17.2. The van der Waals surface area contributed by atoms with Gasteiger partial charge in [0.25, 0.3) is 5.91 Å². The Morgan fingerprint density at radius 1 is 1.10 bits per heavy atom. The van der Waals surface area contributed by atoms with Gasteiger partial charge in [-0.2, -0.15) is 5.10 Å². The van der Waals surface area contributed by atoms with Crippen LogP contribution in [0.15, 0.2) is 61.3 Å².